The molecule has 10 heteroatoms. The van der Waals surface area contributed by atoms with Crippen LogP contribution in [0.1, 0.15) is 26.3 Å². The number of nitrogens with one attached hydrogen (secondary N) is 3. The molecular formula is C16H18Cl2N4O4. The molecule has 1 aromatic carbocycles. The molecule has 8 nitrogen and oxygen atoms in total. The molecule has 1 heterocycles. The Morgan fingerprint density at radius 1 is 1.27 bits per heavy atom. The van der Waals surface area contributed by atoms with Crippen molar-refractivity contribution in [3.63, 3.8) is 0 Å². The van der Waals surface area contributed by atoms with Crippen molar-refractivity contribution in [1.82, 2.24) is 20.9 Å². The van der Waals surface area contributed by atoms with Crippen LogP contribution in [0.3, 0.4) is 0 Å². The highest BCUT2D eigenvalue weighted by molar-refractivity contribution is 6.35. The number of nitrogens with zero attached hydrogens (tertiary/aromatic N) is 1. The number of hydrogen-bond donors (Lipinski definition) is 3. The molecular weight excluding hydrogens is 383 g/mol. The van der Waals surface area contributed by atoms with Gasteiger partial charge in [0.15, 0.2) is 0 Å². The van der Waals surface area contributed by atoms with Crippen molar-refractivity contribution in [3.05, 3.63) is 33.8 Å². The Labute approximate surface area is 160 Å². The number of carbonyl (C=O) groups is 4. The second-order valence-electron chi connectivity index (χ2n) is 6.25. The van der Waals surface area contributed by atoms with Gasteiger partial charge in [-0.15, -0.1) is 0 Å². The first kappa shape index (κ1) is 20.0. The smallest absolute Gasteiger partial charge is 0.325 e. The minimum Gasteiger partial charge on any atom is -0.336 e. The molecule has 1 saturated heterocycles. The Kier molecular flexibility index (Phi) is 5.77. The normalized spacial score (nSPS) is 19.5. The lowest BCUT2D eigenvalue weighted by molar-refractivity contribution is -0.134. The third kappa shape index (κ3) is 4.08. The summed E-state index contributed by atoms with van der Waals surface area (Å²) in [6.07, 6.45) is 0. The fourth-order valence-electron chi connectivity index (χ4n) is 2.53. The SMILES string of the molecule is CC(C)NC(=O)NC(=O)CN1C(=O)N[C@](C)(c2ccc(Cl)cc2Cl)C1=O. The van der Waals surface area contributed by atoms with Crippen LogP contribution in [0.15, 0.2) is 18.2 Å². The lowest BCUT2D eigenvalue weighted by atomic mass is 9.92. The van der Waals surface area contributed by atoms with Crippen molar-refractivity contribution < 1.29 is 19.2 Å². The van der Waals surface area contributed by atoms with Crippen molar-refractivity contribution >= 4 is 47.1 Å². The molecule has 1 aromatic rings. The van der Waals surface area contributed by atoms with Gasteiger partial charge in [0.1, 0.15) is 12.1 Å². The Balaban J connectivity index is 2.15. The molecule has 140 valence electrons. The number of carbonyl (C=O) groups excluding carboxylic acids is 4. The second kappa shape index (κ2) is 7.51. The summed E-state index contributed by atoms with van der Waals surface area (Å²) in [5.41, 5.74) is -1.10. The number of urea groups is 2. The summed E-state index contributed by atoms with van der Waals surface area (Å²) in [7, 11) is 0. The van der Waals surface area contributed by atoms with Crippen molar-refractivity contribution in [1.29, 1.82) is 0 Å². The molecule has 6 amide bonds. The molecule has 0 bridgehead atoms. The number of amides is 6. The number of rotatable bonds is 4. The zero-order chi connectivity index (χ0) is 19.6. The zero-order valence-electron chi connectivity index (χ0n) is 14.4. The van der Waals surface area contributed by atoms with Gasteiger partial charge in [-0.2, -0.15) is 0 Å². The van der Waals surface area contributed by atoms with Crippen LogP contribution in [0.4, 0.5) is 9.59 Å². The average Bonchev–Trinajstić information content (AvgIpc) is 2.70. The standard InChI is InChI=1S/C16H18Cl2N4O4/c1-8(2)19-14(25)20-12(23)7-22-13(24)16(3,21-15(22)26)10-5-4-9(17)6-11(10)18/h4-6,8H,7H2,1-3H3,(H,21,26)(H2,19,20,23,25)/t16-/m1/s1. The van der Waals surface area contributed by atoms with Gasteiger partial charge < -0.3 is 10.6 Å². The Morgan fingerprint density at radius 3 is 2.50 bits per heavy atom. The van der Waals surface area contributed by atoms with E-state index in [4.69, 9.17) is 23.2 Å². The first-order valence-corrected chi connectivity index (χ1v) is 8.50. The molecule has 0 aromatic heterocycles. The van der Waals surface area contributed by atoms with Crippen LogP contribution >= 0.6 is 23.2 Å². The fourth-order valence-corrected chi connectivity index (χ4v) is 3.12. The van der Waals surface area contributed by atoms with E-state index in [-0.39, 0.29) is 11.1 Å². The van der Waals surface area contributed by atoms with E-state index in [1.165, 1.54) is 19.1 Å². The number of imide groups is 2. The van der Waals surface area contributed by atoms with Crippen molar-refractivity contribution in [2.24, 2.45) is 0 Å². The minimum atomic E-state index is -1.45. The fraction of sp³-hybridized carbons (Fsp3) is 0.375. The molecule has 1 fully saturated rings. The molecule has 3 N–H and O–H groups in total. The largest absolute Gasteiger partial charge is 0.336 e. The highest BCUT2D eigenvalue weighted by atomic mass is 35.5. The maximum atomic E-state index is 12.7. The predicted molar refractivity (Wildman–Crippen MR) is 95.9 cm³/mol. The van der Waals surface area contributed by atoms with Crippen LogP contribution in [0.5, 0.6) is 0 Å². The summed E-state index contributed by atoms with van der Waals surface area (Å²) in [5, 5.41) is 7.64. The number of halogens is 2. The van der Waals surface area contributed by atoms with E-state index in [1.54, 1.807) is 19.9 Å². The first-order chi connectivity index (χ1) is 12.0. The van der Waals surface area contributed by atoms with Crippen LogP contribution < -0.4 is 16.0 Å². The van der Waals surface area contributed by atoms with E-state index in [1.807, 2.05) is 0 Å². The lowest BCUT2D eigenvalue weighted by Crippen LogP contribution is -2.48. The van der Waals surface area contributed by atoms with Crippen LogP contribution in [0, 0.1) is 0 Å². The topological polar surface area (TPSA) is 108 Å². The molecule has 1 aliphatic rings. The van der Waals surface area contributed by atoms with Gasteiger partial charge in [-0.05, 0) is 32.9 Å². The van der Waals surface area contributed by atoms with E-state index in [2.05, 4.69) is 16.0 Å². The molecule has 2 rings (SSSR count). The highest BCUT2D eigenvalue weighted by Gasteiger charge is 2.50. The van der Waals surface area contributed by atoms with Crippen LogP contribution in [0.25, 0.3) is 0 Å². The van der Waals surface area contributed by atoms with Crippen molar-refractivity contribution in [3.8, 4) is 0 Å². The summed E-state index contributed by atoms with van der Waals surface area (Å²) >= 11 is 12.0. The Morgan fingerprint density at radius 2 is 1.92 bits per heavy atom. The molecule has 0 saturated carbocycles. The Bertz CT molecular complexity index is 784. The lowest BCUT2D eigenvalue weighted by Gasteiger charge is -2.23. The van der Waals surface area contributed by atoms with E-state index in [0.29, 0.717) is 10.6 Å². The highest BCUT2D eigenvalue weighted by Crippen LogP contribution is 2.34. The van der Waals surface area contributed by atoms with Gasteiger partial charge >= 0.3 is 12.1 Å². The van der Waals surface area contributed by atoms with Crippen molar-refractivity contribution in [2.75, 3.05) is 6.54 Å². The molecule has 26 heavy (non-hydrogen) atoms. The summed E-state index contributed by atoms with van der Waals surface area (Å²) in [5.74, 6) is -1.45. The quantitative estimate of drug-likeness (QED) is 0.671. The third-order valence-corrected chi connectivity index (χ3v) is 4.27. The molecule has 0 aliphatic carbocycles. The van der Waals surface area contributed by atoms with Gasteiger partial charge in [-0.25, -0.2) is 9.59 Å². The first-order valence-electron chi connectivity index (χ1n) is 7.74. The molecule has 0 spiro atoms. The molecule has 0 unspecified atom stereocenters. The molecule has 1 aliphatic heterocycles. The average molecular weight is 401 g/mol. The predicted octanol–water partition coefficient (Wildman–Crippen LogP) is 1.99. The van der Waals surface area contributed by atoms with Gasteiger partial charge in [0.05, 0.1) is 0 Å². The van der Waals surface area contributed by atoms with Gasteiger partial charge in [0, 0.05) is 21.7 Å². The van der Waals surface area contributed by atoms with Crippen molar-refractivity contribution in [2.45, 2.75) is 32.4 Å². The van der Waals surface area contributed by atoms with E-state index in [0.717, 1.165) is 4.90 Å². The van der Waals surface area contributed by atoms with Gasteiger partial charge in [0.25, 0.3) is 5.91 Å². The monoisotopic (exact) mass is 400 g/mol. The van der Waals surface area contributed by atoms with Crippen LogP contribution in [0.2, 0.25) is 10.0 Å². The number of benzene rings is 1. The maximum Gasteiger partial charge on any atom is 0.325 e. The summed E-state index contributed by atoms with van der Waals surface area (Å²) in [6.45, 7) is 4.33. The number of hydrogen-bond acceptors (Lipinski definition) is 4. The minimum absolute atomic E-state index is 0.171. The van der Waals surface area contributed by atoms with Gasteiger partial charge in [-0.3, -0.25) is 19.8 Å². The molecule has 1 atom stereocenters. The Hall–Kier alpha value is -2.32. The van der Waals surface area contributed by atoms with Crippen LogP contribution in [-0.4, -0.2) is 41.4 Å². The van der Waals surface area contributed by atoms with Gasteiger partial charge in [-0.1, -0.05) is 29.3 Å². The summed E-state index contributed by atoms with van der Waals surface area (Å²) < 4.78 is 0. The zero-order valence-corrected chi connectivity index (χ0v) is 15.9. The second-order valence-corrected chi connectivity index (χ2v) is 7.09. The third-order valence-electron chi connectivity index (χ3n) is 3.72. The van der Waals surface area contributed by atoms with E-state index >= 15 is 0 Å². The van der Waals surface area contributed by atoms with Crippen LogP contribution in [-0.2, 0) is 15.1 Å². The molecule has 0 radical (unpaired) electrons. The summed E-state index contributed by atoms with van der Waals surface area (Å²) in [4.78, 5) is 49.2. The maximum absolute atomic E-state index is 12.7. The summed E-state index contributed by atoms with van der Waals surface area (Å²) in [6, 6.07) is 2.88. The van der Waals surface area contributed by atoms with Gasteiger partial charge in [0.2, 0.25) is 5.91 Å². The van der Waals surface area contributed by atoms with E-state index < -0.39 is 36.0 Å². The van der Waals surface area contributed by atoms with E-state index in [9.17, 15) is 19.2 Å².